The molecule has 0 saturated heterocycles. The zero-order valence-electron chi connectivity index (χ0n) is 15.7. The molecule has 2 heteroatoms. The second-order valence-electron chi connectivity index (χ2n) is 7.75. The lowest BCUT2D eigenvalue weighted by Crippen LogP contribution is -2.30. The molecule has 1 aliphatic rings. The topological polar surface area (TPSA) is 23.5 Å². The van der Waals surface area contributed by atoms with E-state index in [0.717, 1.165) is 43.4 Å². The average Bonchev–Trinajstić information content (AvgIpc) is 2.77. The van der Waals surface area contributed by atoms with Crippen LogP contribution in [0.5, 0.6) is 0 Å². The molecule has 1 unspecified atom stereocenters. The van der Waals surface area contributed by atoms with Crippen molar-refractivity contribution in [3.8, 4) is 0 Å². The maximum Gasteiger partial charge on any atom is 0.116 e. The van der Waals surface area contributed by atoms with Gasteiger partial charge in [0.2, 0.25) is 0 Å². The summed E-state index contributed by atoms with van der Waals surface area (Å²) in [6, 6.07) is 21.3. The number of hydrogen-bond acceptors (Lipinski definition) is 2. The highest BCUT2D eigenvalue weighted by molar-refractivity contribution is 5.88. The monoisotopic (exact) mass is 345 g/mol. The molecule has 1 N–H and O–H groups in total. The van der Waals surface area contributed by atoms with E-state index in [0.29, 0.717) is 0 Å². The van der Waals surface area contributed by atoms with Gasteiger partial charge in [0, 0.05) is 0 Å². The molecule has 4 rings (SSSR count). The van der Waals surface area contributed by atoms with E-state index in [1.807, 2.05) is 0 Å². The van der Waals surface area contributed by atoms with E-state index in [4.69, 9.17) is 0 Å². The molecule has 3 aromatic rings. The summed E-state index contributed by atoms with van der Waals surface area (Å²) in [5, 5.41) is 14.5. The minimum absolute atomic E-state index is 0.739. The standard InChI is InChI=1S/C24H27NO/c1-25(2)17-7-16-24(26)22-11-6-4-9-19(22)13-15-20-14-12-18-8-3-5-10-21(18)23(20)24/h3-6,8-12,14,26H,7,13,15-17H2,1-2H3. The maximum atomic E-state index is 12.1. The van der Waals surface area contributed by atoms with E-state index in [9.17, 15) is 5.11 Å². The molecule has 0 radical (unpaired) electrons. The molecule has 0 amide bonds. The van der Waals surface area contributed by atoms with Crippen molar-refractivity contribution in [1.29, 1.82) is 0 Å². The molecule has 0 aromatic heterocycles. The highest BCUT2D eigenvalue weighted by Crippen LogP contribution is 2.44. The Labute approximate surface area is 156 Å². The first kappa shape index (κ1) is 17.3. The lowest BCUT2D eigenvalue weighted by atomic mass is 9.78. The van der Waals surface area contributed by atoms with Crippen LogP contribution in [-0.2, 0) is 18.4 Å². The number of hydrogen-bond donors (Lipinski definition) is 1. The summed E-state index contributed by atoms with van der Waals surface area (Å²) in [5.41, 5.74) is 3.85. The normalized spacial score (nSPS) is 19.2. The third kappa shape index (κ3) is 2.94. The van der Waals surface area contributed by atoms with Crippen molar-refractivity contribution in [3.63, 3.8) is 0 Å². The van der Waals surface area contributed by atoms with Gasteiger partial charge in [0.15, 0.2) is 0 Å². The highest BCUT2D eigenvalue weighted by atomic mass is 16.3. The summed E-state index contributed by atoms with van der Waals surface area (Å²) < 4.78 is 0. The Morgan fingerprint density at radius 3 is 2.46 bits per heavy atom. The highest BCUT2D eigenvalue weighted by Gasteiger charge is 2.37. The molecule has 0 fully saturated rings. The molecule has 0 heterocycles. The Morgan fingerprint density at radius 1 is 0.885 bits per heavy atom. The molecular formula is C24H27NO. The number of aliphatic hydroxyl groups is 1. The molecule has 2 nitrogen and oxygen atoms in total. The Morgan fingerprint density at radius 2 is 1.62 bits per heavy atom. The Hall–Kier alpha value is -2.16. The number of fused-ring (bicyclic) bond motifs is 4. The van der Waals surface area contributed by atoms with Crippen LogP contribution < -0.4 is 0 Å². The minimum atomic E-state index is -0.931. The zero-order valence-corrected chi connectivity index (χ0v) is 15.7. The van der Waals surface area contributed by atoms with Gasteiger partial charge in [-0.1, -0.05) is 60.7 Å². The number of nitrogens with zero attached hydrogens (tertiary/aromatic N) is 1. The summed E-state index contributed by atoms with van der Waals surface area (Å²) in [7, 11) is 4.18. The van der Waals surface area contributed by atoms with Gasteiger partial charge in [-0.05, 0) is 79.3 Å². The summed E-state index contributed by atoms with van der Waals surface area (Å²) in [6.45, 7) is 0.977. The van der Waals surface area contributed by atoms with Crippen LogP contribution in [0.15, 0.2) is 60.7 Å². The number of benzene rings is 3. The molecular weight excluding hydrogens is 318 g/mol. The second kappa shape index (κ2) is 6.86. The van der Waals surface area contributed by atoms with Crippen LogP contribution >= 0.6 is 0 Å². The van der Waals surface area contributed by atoms with Gasteiger partial charge < -0.3 is 10.0 Å². The largest absolute Gasteiger partial charge is 0.380 e. The van der Waals surface area contributed by atoms with Crippen LogP contribution in [0.3, 0.4) is 0 Å². The van der Waals surface area contributed by atoms with Crippen molar-refractivity contribution < 1.29 is 5.11 Å². The van der Waals surface area contributed by atoms with Crippen LogP contribution in [0, 0.1) is 0 Å². The molecule has 1 atom stereocenters. The Bertz CT molecular complexity index is 930. The van der Waals surface area contributed by atoms with Crippen LogP contribution in [0.4, 0.5) is 0 Å². The van der Waals surface area contributed by atoms with Crippen molar-refractivity contribution in [2.24, 2.45) is 0 Å². The maximum absolute atomic E-state index is 12.1. The molecule has 0 aliphatic heterocycles. The first-order valence-electron chi connectivity index (χ1n) is 9.56. The van der Waals surface area contributed by atoms with Crippen molar-refractivity contribution in [1.82, 2.24) is 4.90 Å². The predicted octanol–water partition coefficient (Wildman–Crippen LogP) is 4.52. The van der Waals surface area contributed by atoms with Crippen molar-refractivity contribution >= 4 is 10.8 Å². The van der Waals surface area contributed by atoms with Crippen LogP contribution in [0.1, 0.15) is 35.1 Å². The van der Waals surface area contributed by atoms with Gasteiger partial charge in [-0.2, -0.15) is 0 Å². The van der Waals surface area contributed by atoms with E-state index in [1.165, 1.54) is 21.9 Å². The molecule has 3 aromatic carbocycles. The molecule has 134 valence electrons. The van der Waals surface area contributed by atoms with Crippen LogP contribution in [-0.4, -0.2) is 30.6 Å². The molecule has 0 bridgehead atoms. The summed E-state index contributed by atoms with van der Waals surface area (Å²) in [6.07, 6.45) is 3.66. The van der Waals surface area contributed by atoms with Gasteiger partial charge in [-0.15, -0.1) is 0 Å². The van der Waals surface area contributed by atoms with Gasteiger partial charge in [0.1, 0.15) is 5.60 Å². The van der Waals surface area contributed by atoms with E-state index in [-0.39, 0.29) is 0 Å². The summed E-state index contributed by atoms with van der Waals surface area (Å²) in [5.74, 6) is 0. The third-order valence-corrected chi connectivity index (χ3v) is 5.70. The van der Waals surface area contributed by atoms with E-state index >= 15 is 0 Å². The van der Waals surface area contributed by atoms with Crippen LogP contribution in [0.25, 0.3) is 10.8 Å². The first-order valence-corrected chi connectivity index (χ1v) is 9.56. The first-order chi connectivity index (χ1) is 12.6. The zero-order chi connectivity index (χ0) is 18.1. The fourth-order valence-corrected chi connectivity index (χ4v) is 4.47. The van der Waals surface area contributed by atoms with Crippen LogP contribution in [0.2, 0.25) is 0 Å². The van der Waals surface area contributed by atoms with Gasteiger partial charge in [0.05, 0.1) is 0 Å². The van der Waals surface area contributed by atoms with E-state index in [2.05, 4.69) is 79.7 Å². The number of rotatable bonds is 4. The van der Waals surface area contributed by atoms with Gasteiger partial charge >= 0.3 is 0 Å². The van der Waals surface area contributed by atoms with Crippen molar-refractivity contribution in [3.05, 3.63) is 82.9 Å². The van der Waals surface area contributed by atoms with Crippen molar-refractivity contribution in [2.75, 3.05) is 20.6 Å². The Kier molecular flexibility index (Phi) is 4.56. The molecule has 26 heavy (non-hydrogen) atoms. The smallest absolute Gasteiger partial charge is 0.116 e. The van der Waals surface area contributed by atoms with Gasteiger partial charge in [-0.3, -0.25) is 0 Å². The lowest BCUT2D eigenvalue weighted by molar-refractivity contribution is 0.0674. The average molecular weight is 345 g/mol. The van der Waals surface area contributed by atoms with Crippen molar-refractivity contribution in [2.45, 2.75) is 31.3 Å². The fourth-order valence-electron chi connectivity index (χ4n) is 4.47. The van der Waals surface area contributed by atoms with Gasteiger partial charge in [-0.25, -0.2) is 0 Å². The van der Waals surface area contributed by atoms with E-state index in [1.54, 1.807) is 0 Å². The SMILES string of the molecule is CN(C)CCCC1(O)c2ccccc2CCc2ccc3ccccc3c21. The third-order valence-electron chi connectivity index (χ3n) is 5.70. The summed E-state index contributed by atoms with van der Waals surface area (Å²) in [4.78, 5) is 2.19. The fraction of sp³-hybridized carbons (Fsp3) is 0.333. The summed E-state index contributed by atoms with van der Waals surface area (Å²) >= 11 is 0. The van der Waals surface area contributed by atoms with Gasteiger partial charge in [0.25, 0.3) is 0 Å². The predicted molar refractivity (Wildman–Crippen MR) is 109 cm³/mol. The number of aryl methyl sites for hydroxylation is 2. The quantitative estimate of drug-likeness (QED) is 0.752. The minimum Gasteiger partial charge on any atom is -0.380 e. The lowest BCUT2D eigenvalue weighted by Gasteiger charge is -2.33. The molecule has 1 aliphatic carbocycles. The molecule has 0 saturated carbocycles. The second-order valence-corrected chi connectivity index (χ2v) is 7.75. The Balaban J connectivity index is 1.94. The van der Waals surface area contributed by atoms with E-state index < -0.39 is 5.60 Å². The molecule has 0 spiro atoms.